The summed E-state index contributed by atoms with van der Waals surface area (Å²) in [5.74, 6) is -0.334. The van der Waals surface area contributed by atoms with Crippen molar-refractivity contribution in [3.05, 3.63) is 30.0 Å². The van der Waals surface area contributed by atoms with Crippen LogP contribution in [0.3, 0.4) is 0 Å². The van der Waals surface area contributed by atoms with E-state index >= 15 is 0 Å². The maximum absolute atomic E-state index is 12.5. The number of fused-ring (bicyclic) bond motifs is 1. The maximum Gasteiger partial charge on any atom is 0.407 e. The molecule has 2 aromatic rings. The molecule has 2 aliphatic rings. The number of aliphatic hydroxyl groups excluding tert-OH is 2. The number of ether oxygens (including phenoxy) is 5. The van der Waals surface area contributed by atoms with E-state index in [1.165, 1.54) is 7.11 Å². The van der Waals surface area contributed by atoms with Crippen LogP contribution in [0.25, 0.3) is 11.0 Å². The molecule has 1 amide bonds. The molecule has 0 aliphatic carbocycles. The average Bonchev–Trinajstić information content (AvgIpc) is 3.20. The SMILES string of the molecule is COc1ccc2nccc([C@@H](O)[C@@H](O)[C@@H]3CC[C@@H](NC(=O)OC(C)(C)C)[C@H](C[C@@H]4COC(C)(C)O4)O3)c2n1. The summed E-state index contributed by atoms with van der Waals surface area (Å²) < 4.78 is 28.7. The van der Waals surface area contributed by atoms with E-state index in [1.54, 1.807) is 45.2 Å². The van der Waals surface area contributed by atoms with Crippen molar-refractivity contribution in [2.24, 2.45) is 0 Å². The molecule has 38 heavy (non-hydrogen) atoms. The van der Waals surface area contributed by atoms with Gasteiger partial charge in [-0.25, -0.2) is 9.78 Å². The molecule has 2 fully saturated rings. The van der Waals surface area contributed by atoms with Crippen LogP contribution < -0.4 is 10.1 Å². The number of hydrogen-bond acceptors (Lipinski definition) is 10. The highest BCUT2D eigenvalue weighted by molar-refractivity contribution is 5.78. The number of nitrogens with one attached hydrogen (secondary N) is 1. The van der Waals surface area contributed by atoms with Crippen molar-refractivity contribution in [1.29, 1.82) is 0 Å². The van der Waals surface area contributed by atoms with Crippen LogP contribution in [-0.4, -0.2) is 81.8 Å². The lowest BCUT2D eigenvalue weighted by atomic mass is 9.90. The van der Waals surface area contributed by atoms with Crippen molar-refractivity contribution in [3.63, 3.8) is 0 Å². The highest BCUT2D eigenvalue weighted by atomic mass is 16.7. The van der Waals surface area contributed by atoms with E-state index in [-0.39, 0.29) is 12.1 Å². The first-order chi connectivity index (χ1) is 17.8. The molecular weight excluding hydrogens is 494 g/mol. The Hall–Kier alpha value is -2.57. The van der Waals surface area contributed by atoms with E-state index in [0.717, 1.165) is 0 Å². The van der Waals surface area contributed by atoms with Gasteiger partial charge in [0, 0.05) is 24.2 Å². The van der Waals surface area contributed by atoms with Gasteiger partial charge < -0.3 is 39.2 Å². The van der Waals surface area contributed by atoms with E-state index in [1.807, 2.05) is 13.8 Å². The fourth-order valence-corrected chi connectivity index (χ4v) is 4.92. The van der Waals surface area contributed by atoms with Gasteiger partial charge in [-0.2, -0.15) is 0 Å². The van der Waals surface area contributed by atoms with Crippen LogP contribution in [-0.2, 0) is 18.9 Å². The largest absolute Gasteiger partial charge is 0.481 e. The number of methoxy groups -OCH3 is 1. The van der Waals surface area contributed by atoms with Crippen molar-refractivity contribution in [1.82, 2.24) is 15.3 Å². The Bertz CT molecular complexity index is 1120. The minimum Gasteiger partial charge on any atom is -0.481 e. The summed E-state index contributed by atoms with van der Waals surface area (Å²) in [6, 6.07) is 4.69. The summed E-state index contributed by atoms with van der Waals surface area (Å²) in [6.45, 7) is 9.47. The predicted octanol–water partition coefficient (Wildman–Crippen LogP) is 3.02. The Balaban J connectivity index is 1.51. The Morgan fingerprint density at radius 1 is 1.24 bits per heavy atom. The third-order valence-electron chi connectivity index (χ3n) is 6.65. The minimum atomic E-state index is -1.29. The molecule has 6 atom stereocenters. The predicted molar refractivity (Wildman–Crippen MR) is 138 cm³/mol. The van der Waals surface area contributed by atoms with Gasteiger partial charge in [-0.05, 0) is 59.6 Å². The fourth-order valence-electron chi connectivity index (χ4n) is 4.92. The maximum atomic E-state index is 12.5. The molecule has 210 valence electrons. The number of alkyl carbamates (subject to hydrolysis) is 1. The summed E-state index contributed by atoms with van der Waals surface area (Å²) in [7, 11) is 1.51. The topological polar surface area (TPSA) is 141 Å². The molecule has 2 aliphatic heterocycles. The van der Waals surface area contributed by atoms with Crippen LogP contribution in [0.2, 0.25) is 0 Å². The first kappa shape index (κ1) is 28.4. The normalized spacial score (nSPS) is 27.1. The highest BCUT2D eigenvalue weighted by Gasteiger charge is 2.42. The molecule has 0 radical (unpaired) electrons. The van der Waals surface area contributed by atoms with E-state index in [9.17, 15) is 15.0 Å². The molecule has 0 unspecified atom stereocenters. The molecule has 11 heteroatoms. The van der Waals surface area contributed by atoms with Gasteiger partial charge >= 0.3 is 6.09 Å². The molecule has 0 bridgehead atoms. The first-order valence-electron chi connectivity index (χ1n) is 13.0. The third kappa shape index (κ3) is 6.89. The Labute approximate surface area is 222 Å². The Kier molecular flexibility index (Phi) is 8.43. The highest BCUT2D eigenvalue weighted by Crippen LogP contribution is 2.34. The second-order valence-corrected chi connectivity index (χ2v) is 11.3. The molecule has 4 heterocycles. The number of carbonyl (C=O) groups excluding carboxylic acids is 1. The molecule has 0 aromatic carbocycles. The second-order valence-electron chi connectivity index (χ2n) is 11.3. The zero-order valence-electron chi connectivity index (χ0n) is 22.8. The number of rotatable bonds is 7. The van der Waals surface area contributed by atoms with Crippen LogP contribution in [0.5, 0.6) is 5.88 Å². The van der Waals surface area contributed by atoms with Crippen LogP contribution in [0, 0.1) is 0 Å². The Morgan fingerprint density at radius 2 is 2.00 bits per heavy atom. The second kappa shape index (κ2) is 11.3. The molecule has 2 saturated heterocycles. The smallest absolute Gasteiger partial charge is 0.407 e. The summed E-state index contributed by atoms with van der Waals surface area (Å²) in [6.07, 6.45) is -1.62. The van der Waals surface area contributed by atoms with E-state index in [4.69, 9.17) is 23.7 Å². The summed E-state index contributed by atoms with van der Waals surface area (Å²) in [5, 5.41) is 25.4. The van der Waals surface area contributed by atoms with Gasteiger partial charge in [0.2, 0.25) is 5.88 Å². The molecule has 4 rings (SSSR count). The summed E-state index contributed by atoms with van der Waals surface area (Å²) >= 11 is 0. The molecular formula is C27H39N3O8. The standard InChI is InChI=1S/C27H39N3O8/c1-26(2,3)38-25(33)29-17-7-9-19(36-20(17)13-15-14-35-27(4,5)37-15)24(32)23(31)16-11-12-28-18-8-10-21(34-6)30-22(16)18/h8,10-12,15,17,19-20,23-24,31-32H,7,9,13-14H2,1-6H3,(H,29,33)/t15-,17-,19+,20+,23-,24+/m1/s1. The van der Waals surface area contributed by atoms with Crippen molar-refractivity contribution >= 4 is 17.1 Å². The van der Waals surface area contributed by atoms with Crippen LogP contribution >= 0.6 is 0 Å². The van der Waals surface area contributed by atoms with Crippen molar-refractivity contribution < 1.29 is 38.7 Å². The monoisotopic (exact) mass is 533 g/mol. The number of carbonyl (C=O) groups is 1. The van der Waals surface area contributed by atoms with Crippen LogP contribution in [0.15, 0.2) is 24.4 Å². The van der Waals surface area contributed by atoms with E-state index in [0.29, 0.717) is 48.3 Å². The van der Waals surface area contributed by atoms with Gasteiger partial charge in [-0.3, -0.25) is 4.98 Å². The first-order valence-corrected chi connectivity index (χ1v) is 13.0. The summed E-state index contributed by atoms with van der Waals surface area (Å²) in [4.78, 5) is 21.3. The lowest BCUT2D eigenvalue weighted by molar-refractivity contribution is -0.166. The van der Waals surface area contributed by atoms with Gasteiger partial charge in [0.25, 0.3) is 0 Å². The van der Waals surface area contributed by atoms with Gasteiger partial charge in [-0.1, -0.05) is 0 Å². The molecule has 11 nitrogen and oxygen atoms in total. The van der Waals surface area contributed by atoms with Crippen molar-refractivity contribution in [2.75, 3.05) is 13.7 Å². The molecule has 0 saturated carbocycles. The minimum absolute atomic E-state index is 0.250. The number of aliphatic hydroxyl groups is 2. The van der Waals surface area contributed by atoms with Crippen LogP contribution in [0.1, 0.15) is 65.5 Å². The quantitative estimate of drug-likeness (QED) is 0.486. The fraction of sp³-hybridized carbons (Fsp3) is 0.667. The van der Waals surface area contributed by atoms with Crippen molar-refractivity contribution in [3.8, 4) is 5.88 Å². The lowest BCUT2D eigenvalue weighted by Gasteiger charge is -2.40. The van der Waals surface area contributed by atoms with Gasteiger partial charge in [0.1, 0.15) is 17.8 Å². The lowest BCUT2D eigenvalue weighted by Crippen LogP contribution is -2.54. The molecule has 3 N–H and O–H groups in total. The zero-order chi connectivity index (χ0) is 27.7. The number of amides is 1. The molecule has 2 aromatic heterocycles. The summed E-state index contributed by atoms with van der Waals surface area (Å²) in [5.41, 5.74) is 0.785. The number of pyridine rings is 2. The number of aromatic nitrogens is 2. The van der Waals surface area contributed by atoms with Crippen LogP contribution in [0.4, 0.5) is 4.79 Å². The number of nitrogens with zero attached hydrogens (tertiary/aromatic N) is 2. The number of hydrogen-bond donors (Lipinski definition) is 3. The van der Waals surface area contributed by atoms with Crippen molar-refractivity contribution in [2.45, 2.75) is 102 Å². The van der Waals surface area contributed by atoms with E-state index < -0.39 is 41.9 Å². The average molecular weight is 534 g/mol. The Morgan fingerprint density at radius 3 is 2.66 bits per heavy atom. The van der Waals surface area contributed by atoms with E-state index in [2.05, 4.69) is 15.3 Å². The third-order valence-corrected chi connectivity index (χ3v) is 6.65. The molecule has 0 spiro atoms. The zero-order valence-corrected chi connectivity index (χ0v) is 22.8. The van der Waals surface area contributed by atoms with Gasteiger partial charge in [0.15, 0.2) is 5.79 Å². The van der Waals surface area contributed by atoms with Gasteiger partial charge in [0.05, 0.1) is 49.1 Å². The van der Waals surface area contributed by atoms with Gasteiger partial charge in [-0.15, -0.1) is 0 Å².